The van der Waals surface area contributed by atoms with E-state index < -0.39 is 0 Å². The van der Waals surface area contributed by atoms with Gasteiger partial charge < -0.3 is 15.5 Å². The SMILES string of the molecule is CC(C)C(CN(C)C)NCC(=O)Nc1ccc(Cl)cc1. The smallest absolute Gasteiger partial charge is 0.238 e. The first-order valence-corrected chi connectivity index (χ1v) is 7.20. The van der Waals surface area contributed by atoms with Gasteiger partial charge in [-0.15, -0.1) is 0 Å². The van der Waals surface area contributed by atoms with Gasteiger partial charge in [0.2, 0.25) is 5.91 Å². The summed E-state index contributed by atoms with van der Waals surface area (Å²) in [4.78, 5) is 14.0. The fourth-order valence-electron chi connectivity index (χ4n) is 1.87. The highest BCUT2D eigenvalue weighted by molar-refractivity contribution is 6.30. The Labute approximate surface area is 126 Å². The summed E-state index contributed by atoms with van der Waals surface area (Å²) in [6, 6.07) is 7.39. The third-order valence-corrected chi connectivity index (χ3v) is 3.27. The van der Waals surface area contributed by atoms with E-state index in [0.717, 1.165) is 12.2 Å². The zero-order valence-electron chi connectivity index (χ0n) is 12.6. The second kappa shape index (κ2) is 8.25. The lowest BCUT2D eigenvalue weighted by atomic mass is 10.0. The summed E-state index contributed by atoms with van der Waals surface area (Å²) in [6.45, 7) is 5.52. The predicted octanol–water partition coefficient (Wildman–Crippen LogP) is 2.45. The molecule has 0 saturated heterocycles. The van der Waals surface area contributed by atoms with Gasteiger partial charge in [0.15, 0.2) is 0 Å². The Morgan fingerprint density at radius 3 is 2.35 bits per heavy atom. The first-order valence-electron chi connectivity index (χ1n) is 6.82. The van der Waals surface area contributed by atoms with E-state index in [1.54, 1.807) is 24.3 Å². The number of hydrogen-bond donors (Lipinski definition) is 2. The van der Waals surface area contributed by atoms with E-state index >= 15 is 0 Å². The van der Waals surface area contributed by atoms with Crippen LogP contribution in [0.2, 0.25) is 5.02 Å². The zero-order chi connectivity index (χ0) is 15.1. The second-order valence-electron chi connectivity index (χ2n) is 5.55. The van der Waals surface area contributed by atoms with Crippen LogP contribution in [0.3, 0.4) is 0 Å². The standard InChI is InChI=1S/C15H24ClN3O/c1-11(2)14(10-19(3)4)17-9-15(20)18-13-7-5-12(16)6-8-13/h5-8,11,14,17H,9-10H2,1-4H3,(H,18,20). The maximum absolute atomic E-state index is 11.9. The molecule has 4 nitrogen and oxygen atoms in total. The Hall–Kier alpha value is -1.10. The molecule has 112 valence electrons. The monoisotopic (exact) mass is 297 g/mol. The van der Waals surface area contributed by atoms with Gasteiger partial charge in [-0.05, 0) is 44.3 Å². The Morgan fingerprint density at radius 1 is 1.25 bits per heavy atom. The van der Waals surface area contributed by atoms with Crippen LogP contribution in [-0.4, -0.2) is 44.0 Å². The highest BCUT2D eigenvalue weighted by Gasteiger charge is 2.15. The number of carbonyl (C=O) groups is 1. The van der Waals surface area contributed by atoms with E-state index in [1.807, 2.05) is 14.1 Å². The number of anilines is 1. The summed E-state index contributed by atoms with van der Waals surface area (Å²) in [5.74, 6) is 0.428. The average molecular weight is 298 g/mol. The van der Waals surface area contributed by atoms with Crippen molar-refractivity contribution in [3.63, 3.8) is 0 Å². The number of likely N-dealkylation sites (N-methyl/N-ethyl adjacent to an activating group) is 1. The normalized spacial score (nSPS) is 12.8. The number of rotatable bonds is 7. The van der Waals surface area contributed by atoms with Crippen LogP contribution >= 0.6 is 11.6 Å². The minimum atomic E-state index is -0.0447. The van der Waals surface area contributed by atoms with Crippen LogP contribution in [0.4, 0.5) is 5.69 Å². The van der Waals surface area contributed by atoms with Gasteiger partial charge in [0.25, 0.3) is 0 Å². The highest BCUT2D eigenvalue weighted by Crippen LogP contribution is 2.13. The van der Waals surface area contributed by atoms with Gasteiger partial charge in [0.1, 0.15) is 0 Å². The van der Waals surface area contributed by atoms with Crippen molar-refractivity contribution < 1.29 is 4.79 Å². The van der Waals surface area contributed by atoms with Crippen molar-refractivity contribution in [3.05, 3.63) is 29.3 Å². The van der Waals surface area contributed by atoms with Crippen molar-refractivity contribution in [1.29, 1.82) is 0 Å². The summed E-state index contributed by atoms with van der Waals surface area (Å²) in [6.07, 6.45) is 0. The maximum atomic E-state index is 11.9. The lowest BCUT2D eigenvalue weighted by molar-refractivity contribution is -0.115. The zero-order valence-corrected chi connectivity index (χ0v) is 13.4. The van der Waals surface area contributed by atoms with Crippen molar-refractivity contribution in [1.82, 2.24) is 10.2 Å². The Morgan fingerprint density at radius 2 is 1.85 bits per heavy atom. The lowest BCUT2D eigenvalue weighted by Crippen LogP contribution is -2.45. The van der Waals surface area contributed by atoms with E-state index in [9.17, 15) is 4.79 Å². The van der Waals surface area contributed by atoms with Crippen molar-refractivity contribution >= 4 is 23.2 Å². The summed E-state index contributed by atoms with van der Waals surface area (Å²) >= 11 is 5.80. The number of hydrogen-bond acceptors (Lipinski definition) is 3. The lowest BCUT2D eigenvalue weighted by Gasteiger charge is -2.25. The van der Waals surface area contributed by atoms with Gasteiger partial charge >= 0.3 is 0 Å². The van der Waals surface area contributed by atoms with Gasteiger partial charge in [-0.3, -0.25) is 4.79 Å². The van der Waals surface area contributed by atoms with Crippen LogP contribution in [0.5, 0.6) is 0 Å². The maximum Gasteiger partial charge on any atom is 0.238 e. The molecule has 1 unspecified atom stereocenters. The first-order chi connectivity index (χ1) is 9.38. The molecular weight excluding hydrogens is 274 g/mol. The third kappa shape index (κ3) is 6.37. The number of nitrogens with zero attached hydrogens (tertiary/aromatic N) is 1. The molecule has 0 aliphatic heterocycles. The second-order valence-corrected chi connectivity index (χ2v) is 5.99. The summed E-state index contributed by atoms with van der Waals surface area (Å²) in [7, 11) is 4.07. The largest absolute Gasteiger partial charge is 0.325 e. The molecule has 0 aromatic heterocycles. The average Bonchev–Trinajstić information content (AvgIpc) is 2.36. The molecule has 1 rings (SSSR count). The number of nitrogens with one attached hydrogen (secondary N) is 2. The fraction of sp³-hybridized carbons (Fsp3) is 0.533. The number of benzene rings is 1. The van der Waals surface area contributed by atoms with E-state index in [-0.39, 0.29) is 5.91 Å². The first kappa shape index (κ1) is 17.0. The van der Waals surface area contributed by atoms with Crippen molar-refractivity contribution in [2.45, 2.75) is 19.9 Å². The Bertz CT molecular complexity index is 418. The van der Waals surface area contributed by atoms with Gasteiger partial charge in [0, 0.05) is 23.3 Å². The molecule has 0 aliphatic carbocycles. The molecule has 0 radical (unpaired) electrons. The predicted molar refractivity (Wildman–Crippen MR) is 85.3 cm³/mol. The van der Waals surface area contributed by atoms with Crippen LogP contribution in [0, 0.1) is 5.92 Å². The van der Waals surface area contributed by atoms with E-state index in [4.69, 9.17) is 11.6 Å². The van der Waals surface area contributed by atoms with Crippen molar-refractivity contribution in [2.24, 2.45) is 5.92 Å². The van der Waals surface area contributed by atoms with Gasteiger partial charge in [-0.25, -0.2) is 0 Å². The molecule has 0 bridgehead atoms. The highest BCUT2D eigenvalue weighted by atomic mass is 35.5. The molecule has 2 N–H and O–H groups in total. The summed E-state index contributed by atoms with van der Waals surface area (Å²) in [5.41, 5.74) is 0.759. The summed E-state index contributed by atoms with van der Waals surface area (Å²) < 4.78 is 0. The Kier molecular flexibility index (Phi) is 6.99. The molecule has 20 heavy (non-hydrogen) atoms. The molecule has 1 atom stereocenters. The molecule has 1 aromatic rings. The molecule has 5 heteroatoms. The van der Waals surface area contributed by atoms with Crippen LogP contribution in [0.15, 0.2) is 24.3 Å². The molecular formula is C15H24ClN3O. The molecule has 1 aromatic carbocycles. The van der Waals surface area contributed by atoms with Gasteiger partial charge in [-0.2, -0.15) is 0 Å². The molecule has 1 amide bonds. The molecule has 0 spiro atoms. The molecule has 0 fully saturated rings. The van der Waals surface area contributed by atoms with E-state index in [1.165, 1.54) is 0 Å². The number of halogens is 1. The van der Waals surface area contributed by atoms with Gasteiger partial charge in [-0.1, -0.05) is 25.4 Å². The van der Waals surface area contributed by atoms with Crippen LogP contribution in [-0.2, 0) is 4.79 Å². The minimum absolute atomic E-state index is 0.0447. The van der Waals surface area contributed by atoms with Gasteiger partial charge in [0.05, 0.1) is 6.54 Å². The fourth-order valence-corrected chi connectivity index (χ4v) is 1.99. The van der Waals surface area contributed by atoms with Crippen LogP contribution in [0.1, 0.15) is 13.8 Å². The van der Waals surface area contributed by atoms with E-state index in [2.05, 4.69) is 29.4 Å². The molecule has 0 saturated carbocycles. The number of amides is 1. The van der Waals surface area contributed by atoms with Crippen molar-refractivity contribution in [2.75, 3.05) is 32.5 Å². The third-order valence-electron chi connectivity index (χ3n) is 3.02. The minimum Gasteiger partial charge on any atom is -0.325 e. The number of carbonyl (C=O) groups excluding carboxylic acids is 1. The Balaban J connectivity index is 2.43. The van der Waals surface area contributed by atoms with Crippen LogP contribution in [0.25, 0.3) is 0 Å². The van der Waals surface area contributed by atoms with Crippen molar-refractivity contribution in [3.8, 4) is 0 Å². The van der Waals surface area contributed by atoms with E-state index in [0.29, 0.717) is 23.5 Å². The molecule has 0 heterocycles. The molecule has 0 aliphatic rings. The summed E-state index contributed by atoms with van der Waals surface area (Å²) in [5, 5.41) is 6.80. The quantitative estimate of drug-likeness (QED) is 0.812. The van der Waals surface area contributed by atoms with Crippen LogP contribution < -0.4 is 10.6 Å². The topological polar surface area (TPSA) is 44.4 Å².